The van der Waals surface area contributed by atoms with Crippen LogP contribution in [0.3, 0.4) is 0 Å². The largest absolute Gasteiger partial charge is 0.390 e. The molecule has 0 saturated carbocycles. The molecular weight excluding hydrogens is 483 g/mol. The van der Waals surface area contributed by atoms with Crippen LogP contribution in [0.2, 0.25) is 0 Å². The van der Waals surface area contributed by atoms with Crippen molar-refractivity contribution in [3.63, 3.8) is 0 Å². The van der Waals surface area contributed by atoms with E-state index in [0.717, 1.165) is 36.2 Å². The molecule has 3 aliphatic rings. The number of halogens is 1. The molecule has 3 saturated heterocycles. The Kier molecular flexibility index (Phi) is 6.14. The predicted octanol–water partition coefficient (Wildman–Crippen LogP) is 3.87. The van der Waals surface area contributed by atoms with Crippen molar-refractivity contribution < 1.29 is 9.50 Å². The van der Waals surface area contributed by atoms with Gasteiger partial charge in [0, 0.05) is 50.2 Å². The van der Waals surface area contributed by atoms with E-state index >= 15 is 0 Å². The first-order chi connectivity index (χ1) is 18.1. The van der Waals surface area contributed by atoms with E-state index in [2.05, 4.69) is 52.0 Å². The number of aliphatic hydroxyl groups is 1. The number of alkyl halides is 1. The highest BCUT2D eigenvalue weighted by Gasteiger charge is 2.49. The maximum absolute atomic E-state index is 14.8. The third kappa shape index (κ3) is 4.33. The number of hydrogen-bond acceptors (Lipinski definition) is 9. The standard InChI is InChI=1S/C28H37FN8O/c1-18(2)20-14-32-25(37-12-8-28(37)7-11-35(4)17-28)21-15-31-24(13-19(20)21)33-23-5-9-30-26(34-23)36-10-6-22(38)27(3,29)16-36/h5,9,13-15,18,22,38H,6-8,10-12,16-17H2,1-4H3,(H,30,31,33,34)/t22-,27+,28+/m1/s1. The summed E-state index contributed by atoms with van der Waals surface area (Å²) in [5.41, 5.74) is -0.333. The zero-order valence-electron chi connectivity index (χ0n) is 22.7. The smallest absolute Gasteiger partial charge is 0.227 e. The lowest BCUT2D eigenvalue weighted by Gasteiger charge is -2.52. The van der Waals surface area contributed by atoms with Gasteiger partial charge in [-0.3, -0.25) is 0 Å². The molecule has 6 heterocycles. The Morgan fingerprint density at radius 2 is 1.87 bits per heavy atom. The molecule has 9 nitrogen and oxygen atoms in total. The predicted molar refractivity (Wildman–Crippen MR) is 148 cm³/mol. The van der Waals surface area contributed by atoms with Gasteiger partial charge in [0.05, 0.1) is 18.2 Å². The highest BCUT2D eigenvalue weighted by Crippen LogP contribution is 2.44. The number of nitrogens with zero attached hydrogens (tertiary/aromatic N) is 7. The molecule has 0 bridgehead atoms. The average Bonchev–Trinajstić information content (AvgIpc) is 3.29. The number of anilines is 4. The van der Waals surface area contributed by atoms with Crippen LogP contribution in [0.25, 0.3) is 10.8 Å². The summed E-state index contributed by atoms with van der Waals surface area (Å²) in [6.07, 6.45) is 7.35. The summed E-state index contributed by atoms with van der Waals surface area (Å²) in [4.78, 5) is 25.4. The molecule has 0 aromatic carbocycles. The Labute approximate surface area is 223 Å². The van der Waals surface area contributed by atoms with Crippen molar-refractivity contribution >= 4 is 34.2 Å². The normalized spacial score (nSPS) is 27.9. The number of pyridine rings is 2. The molecule has 0 amide bonds. The van der Waals surface area contributed by atoms with Crippen LogP contribution >= 0.6 is 0 Å². The van der Waals surface area contributed by atoms with Crippen molar-refractivity contribution in [3.8, 4) is 0 Å². The number of likely N-dealkylation sites (tertiary alicyclic amines) is 1. The maximum atomic E-state index is 14.8. The third-order valence-electron chi connectivity index (χ3n) is 8.61. The fraction of sp³-hybridized carbons (Fsp3) is 0.571. The number of fused-ring (bicyclic) bond motifs is 1. The van der Waals surface area contributed by atoms with E-state index < -0.39 is 11.8 Å². The fourth-order valence-electron chi connectivity index (χ4n) is 6.25. The summed E-state index contributed by atoms with van der Waals surface area (Å²) in [6, 6.07) is 3.87. The van der Waals surface area contributed by atoms with Crippen molar-refractivity contribution in [2.24, 2.45) is 0 Å². The summed E-state index contributed by atoms with van der Waals surface area (Å²) >= 11 is 0. The van der Waals surface area contributed by atoms with Crippen LogP contribution in [0.4, 0.5) is 27.8 Å². The highest BCUT2D eigenvalue weighted by atomic mass is 19.1. The topological polar surface area (TPSA) is 93.5 Å². The first-order valence-corrected chi connectivity index (χ1v) is 13.6. The zero-order valence-corrected chi connectivity index (χ0v) is 22.7. The van der Waals surface area contributed by atoms with Crippen LogP contribution in [-0.2, 0) is 0 Å². The van der Waals surface area contributed by atoms with Gasteiger partial charge in [0.2, 0.25) is 5.95 Å². The molecular formula is C28H37FN8O. The van der Waals surface area contributed by atoms with Gasteiger partial charge in [-0.2, -0.15) is 4.98 Å². The van der Waals surface area contributed by atoms with Gasteiger partial charge < -0.3 is 25.1 Å². The van der Waals surface area contributed by atoms with Gasteiger partial charge in [0.25, 0.3) is 0 Å². The number of nitrogens with one attached hydrogen (secondary N) is 1. The molecule has 0 unspecified atom stereocenters. The SMILES string of the molecule is CC(C)c1cnc(N2CC[C@]23CCN(C)C3)c2cnc(Nc3ccnc(N4CC[C@@H](O)[C@@](C)(F)C4)n3)cc12. The number of aliphatic hydroxyl groups excluding tert-OH is 1. The van der Waals surface area contributed by atoms with Crippen LogP contribution in [-0.4, -0.2) is 87.0 Å². The molecule has 3 aromatic heterocycles. The Morgan fingerprint density at radius 3 is 2.55 bits per heavy atom. The second-order valence-electron chi connectivity index (χ2n) is 11.8. The monoisotopic (exact) mass is 520 g/mol. The van der Waals surface area contributed by atoms with Gasteiger partial charge in [0.1, 0.15) is 17.5 Å². The summed E-state index contributed by atoms with van der Waals surface area (Å²) in [5.74, 6) is 3.04. The third-order valence-corrected chi connectivity index (χ3v) is 8.61. The minimum absolute atomic E-state index is 0.0488. The van der Waals surface area contributed by atoms with Crippen LogP contribution in [0, 0.1) is 0 Å². The zero-order chi connectivity index (χ0) is 26.7. The highest BCUT2D eigenvalue weighted by molar-refractivity contribution is 5.96. The lowest BCUT2D eigenvalue weighted by molar-refractivity contribution is -0.00860. The lowest BCUT2D eigenvalue weighted by atomic mass is 9.83. The maximum Gasteiger partial charge on any atom is 0.227 e. The summed E-state index contributed by atoms with van der Waals surface area (Å²) in [6.45, 7) is 9.56. The number of likely N-dealkylation sites (N-methyl/N-ethyl adjacent to an activating group) is 1. The van der Waals surface area contributed by atoms with Gasteiger partial charge in [-0.15, -0.1) is 0 Å². The summed E-state index contributed by atoms with van der Waals surface area (Å²) in [7, 11) is 2.20. The Bertz CT molecular complexity index is 1350. The molecule has 2 N–H and O–H groups in total. The van der Waals surface area contributed by atoms with E-state index in [4.69, 9.17) is 9.97 Å². The summed E-state index contributed by atoms with van der Waals surface area (Å²) in [5, 5.41) is 15.5. The van der Waals surface area contributed by atoms with Gasteiger partial charge in [0.15, 0.2) is 5.67 Å². The van der Waals surface area contributed by atoms with E-state index in [1.165, 1.54) is 25.3 Å². The number of piperidine rings is 1. The van der Waals surface area contributed by atoms with Crippen molar-refractivity contribution in [3.05, 3.63) is 36.3 Å². The molecule has 3 atom stereocenters. The number of rotatable bonds is 5. The van der Waals surface area contributed by atoms with Gasteiger partial charge in [-0.1, -0.05) is 13.8 Å². The van der Waals surface area contributed by atoms with Crippen LogP contribution in [0.15, 0.2) is 30.7 Å². The van der Waals surface area contributed by atoms with Crippen molar-refractivity contribution in [1.29, 1.82) is 0 Å². The first-order valence-electron chi connectivity index (χ1n) is 13.6. The Balaban J connectivity index is 1.30. The molecule has 6 rings (SSSR count). The van der Waals surface area contributed by atoms with E-state index in [0.29, 0.717) is 36.5 Å². The summed E-state index contributed by atoms with van der Waals surface area (Å²) < 4.78 is 14.8. The minimum Gasteiger partial charge on any atom is -0.390 e. The van der Waals surface area contributed by atoms with Crippen LogP contribution in [0.1, 0.15) is 51.5 Å². The molecule has 0 aliphatic carbocycles. The number of hydrogen-bond donors (Lipinski definition) is 2. The van der Waals surface area contributed by atoms with Gasteiger partial charge in [-0.05, 0) is 62.2 Å². The minimum atomic E-state index is -1.70. The first kappa shape index (κ1) is 25.2. The molecule has 3 aromatic rings. The van der Waals surface area contributed by atoms with Gasteiger partial charge >= 0.3 is 0 Å². The van der Waals surface area contributed by atoms with Gasteiger partial charge in [-0.25, -0.2) is 19.3 Å². The molecule has 0 radical (unpaired) electrons. The average molecular weight is 521 g/mol. The molecule has 3 aliphatic heterocycles. The quantitative estimate of drug-likeness (QED) is 0.520. The van der Waals surface area contributed by atoms with Crippen LogP contribution in [0.5, 0.6) is 0 Å². The fourth-order valence-corrected chi connectivity index (χ4v) is 6.25. The van der Waals surface area contributed by atoms with E-state index in [-0.39, 0.29) is 12.1 Å². The van der Waals surface area contributed by atoms with Crippen molar-refractivity contribution in [1.82, 2.24) is 24.8 Å². The van der Waals surface area contributed by atoms with Crippen molar-refractivity contribution in [2.45, 2.75) is 63.3 Å². The molecule has 38 heavy (non-hydrogen) atoms. The Hall–Kier alpha value is -3.11. The van der Waals surface area contributed by atoms with E-state index in [1.54, 1.807) is 17.2 Å². The van der Waals surface area contributed by atoms with Crippen LogP contribution < -0.4 is 15.1 Å². The van der Waals surface area contributed by atoms with E-state index in [1.807, 2.05) is 12.4 Å². The molecule has 202 valence electrons. The molecule has 10 heteroatoms. The molecule has 1 spiro atoms. The second-order valence-corrected chi connectivity index (χ2v) is 11.8. The lowest BCUT2D eigenvalue weighted by Crippen LogP contribution is -2.61. The Morgan fingerprint density at radius 1 is 1.05 bits per heavy atom. The molecule has 3 fully saturated rings. The second kappa shape index (κ2) is 9.27. The van der Waals surface area contributed by atoms with Crippen molar-refractivity contribution in [2.75, 3.05) is 54.9 Å². The van der Waals surface area contributed by atoms with E-state index in [9.17, 15) is 9.50 Å². The number of aromatic nitrogens is 4.